The van der Waals surface area contributed by atoms with Crippen LogP contribution in [-0.4, -0.2) is 21.3 Å². The first-order valence-electron chi connectivity index (χ1n) is 6.56. The molecule has 0 unspecified atom stereocenters. The highest BCUT2D eigenvalue weighted by molar-refractivity contribution is 5.72. The van der Waals surface area contributed by atoms with Crippen LogP contribution in [0.1, 0.15) is 31.9 Å². The van der Waals surface area contributed by atoms with Gasteiger partial charge in [-0.25, -0.2) is 4.98 Å². The molecule has 0 saturated carbocycles. The number of hydrogen-bond acceptors (Lipinski definition) is 3. The number of pyridine rings is 1. The normalized spacial score (nSPS) is 15.2. The summed E-state index contributed by atoms with van der Waals surface area (Å²) in [6.07, 6.45) is 8.11. The van der Waals surface area contributed by atoms with E-state index in [4.69, 9.17) is 0 Å². The summed E-state index contributed by atoms with van der Waals surface area (Å²) in [5.41, 5.74) is 3.78. The molecule has 1 N–H and O–H groups in total. The van der Waals surface area contributed by atoms with E-state index in [0.29, 0.717) is 6.04 Å². The minimum atomic E-state index is 0.451. The quantitative estimate of drug-likeness (QED) is 0.900. The van der Waals surface area contributed by atoms with Crippen molar-refractivity contribution in [3.05, 3.63) is 30.2 Å². The summed E-state index contributed by atoms with van der Waals surface area (Å²) in [5, 5.41) is 7.78. The number of rotatable bonds is 3. The second kappa shape index (κ2) is 4.44. The molecule has 3 rings (SSSR count). The lowest BCUT2D eigenvalue weighted by Gasteiger charge is -2.08. The highest BCUT2D eigenvalue weighted by atomic mass is 15.3. The second-order valence-electron chi connectivity index (χ2n) is 4.83. The van der Waals surface area contributed by atoms with Crippen LogP contribution in [0.3, 0.4) is 0 Å². The highest BCUT2D eigenvalue weighted by Crippen LogP contribution is 2.31. The average molecular weight is 242 g/mol. The van der Waals surface area contributed by atoms with Gasteiger partial charge in [0.05, 0.1) is 6.20 Å². The van der Waals surface area contributed by atoms with Gasteiger partial charge in [-0.1, -0.05) is 6.92 Å². The average Bonchev–Trinajstić information content (AvgIpc) is 3.05. The fourth-order valence-electron chi connectivity index (χ4n) is 2.38. The fourth-order valence-corrected chi connectivity index (χ4v) is 2.38. The number of nitrogens with zero attached hydrogens (tertiary/aromatic N) is 3. The van der Waals surface area contributed by atoms with Crippen molar-refractivity contribution in [3.63, 3.8) is 0 Å². The zero-order valence-electron chi connectivity index (χ0n) is 10.8. The van der Waals surface area contributed by atoms with E-state index in [2.05, 4.69) is 41.5 Å². The third-order valence-electron chi connectivity index (χ3n) is 3.68. The molecule has 18 heavy (non-hydrogen) atoms. The molecule has 94 valence electrons. The van der Waals surface area contributed by atoms with Crippen LogP contribution in [0.25, 0.3) is 11.1 Å². The Balaban J connectivity index is 2.00. The maximum absolute atomic E-state index is 4.46. The maximum atomic E-state index is 4.46. The lowest BCUT2D eigenvalue weighted by molar-refractivity contribution is 0.478. The molecule has 4 nitrogen and oxygen atoms in total. The smallest absolute Gasteiger partial charge is 0.129 e. The number of anilines is 1. The van der Waals surface area contributed by atoms with Crippen LogP contribution >= 0.6 is 0 Å². The van der Waals surface area contributed by atoms with Gasteiger partial charge < -0.3 is 5.32 Å². The van der Waals surface area contributed by atoms with E-state index in [1.807, 2.05) is 17.1 Å². The Kier molecular flexibility index (Phi) is 2.78. The standard InChI is InChI=1S/C14H18N4/c1-3-10(2)18-9-11(8-17-18)12-4-6-15-14-13(12)5-7-16-14/h4,6,8-10H,3,5,7H2,1-2H3,(H,15,16)/t10-/m0/s1. The van der Waals surface area contributed by atoms with E-state index in [9.17, 15) is 0 Å². The Hall–Kier alpha value is -1.84. The Morgan fingerprint density at radius 2 is 2.39 bits per heavy atom. The van der Waals surface area contributed by atoms with Gasteiger partial charge in [-0.3, -0.25) is 4.68 Å². The molecule has 0 aliphatic carbocycles. The predicted molar refractivity (Wildman–Crippen MR) is 72.7 cm³/mol. The summed E-state index contributed by atoms with van der Waals surface area (Å²) >= 11 is 0. The molecule has 1 aliphatic heterocycles. The zero-order chi connectivity index (χ0) is 12.5. The molecule has 0 bridgehead atoms. The number of fused-ring (bicyclic) bond motifs is 1. The molecule has 1 aliphatic rings. The van der Waals surface area contributed by atoms with Crippen LogP contribution in [-0.2, 0) is 6.42 Å². The van der Waals surface area contributed by atoms with E-state index >= 15 is 0 Å². The van der Waals surface area contributed by atoms with Crippen molar-refractivity contribution in [2.45, 2.75) is 32.7 Å². The fraction of sp³-hybridized carbons (Fsp3) is 0.429. The number of aromatic nitrogens is 3. The van der Waals surface area contributed by atoms with Gasteiger partial charge >= 0.3 is 0 Å². The molecule has 1 atom stereocenters. The molecule has 0 radical (unpaired) electrons. The number of hydrogen-bond donors (Lipinski definition) is 1. The van der Waals surface area contributed by atoms with Crippen molar-refractivity contribution in [3.8, 4) is 11.1 Å². The molecule has 0 aromatic carbocycles. The number of nitrogens with one attached hydrogen (secondary N) is 1. The molecular weight excluding hydrogens is 224 g/mol. The van der Waals surface area contributed by atoms with Crippen molar-refractivity contribution in [2.24, 2.45) is 0 Å². The van der Waals surface area contributed by atoms with E-state index in [1.165, 1.54) is 16.7 Å². The lowest BCUT2D eigenvalue weighted by atomic mass is 10.0. The van der Waals surface area contributed by atoms with Gasteiger partial charge in [-0.2, -0.15) is 5.10 Å². The molecule has 3 heterocycles. The third kappa shape index (κ3) is 1.78. The van der Waals surface area contributed by atoms with Gasteiger partial charge in [-0.05, 0) is 31.4 Å². The summed E-state index contributed by atoms with van der Waals surface area (Å²) in [5.74, 6) is 1.03. The van der Waals surface area contributed by atoms with Crippen LogP contribution in [0.5, 0.6) is 0 Å². The largest absolute Gasteiger partial charge is 0.369 e. The topological polar surface area (TPSA) is 42.7 Å². The van der Waals surface area contributed by atoms with Crippen molar-refractivity contribution < 1.29 is 0 Å². The minimum absolute atomic E-state index is 0.451. The summed E-state index contributed by atoms with van der Waals surface area (Å²) < 4.78 is 2.05. The molecule has 0 spiro atoms. The SMILES string of the molecule is CC[C@H](C)n1cc(-c2ccnc3c2CCN3)cn1. The van der Waals surface area contributed by atoms with Gasteiger partial charge in [0.2, 0.25) is 0 Å². The second-order valence-corrected chi connectivity index (χ2v) is 4.83. The third-order valence-corrected chi connectivity index (χ3v) is 3.68. The van der Waals surface area contributed by atoms with Crippen molar-refractivity contribution in [2.75, 3.05) is 11.9 Å². The Morgan fingerprint density at radius 1 is 1.50 bits per heavy atom. The summed E-state index contributed by atoms with van der Waals surface area (Å²) in [6.45, 7) is 5.36. The molecule has 4 heteroatoms. The van der Waals surface area contributed by atoms with E-state index < -0.39 is 0 Å². The van der Waals surface area contributed by atoms with Gasteiger partial charge in [0.15, 0.2) is 0 Å². The van der Waals surface area contributed by atoms with Crippen LogP contribution in [0.15, 0.2) is 24.7 Å². The van der Waals surface area contributed by atoms with Crippen molar-refractivity contribution in [1.82, 2.24) is 14.8 Å². The van der Waals surface area contributed by atoms with Gasteiger partial charge in [0, 0.05) is 36.1 Å². The first-order chi connectivity index (χ1) is 8.79. The molecule has 0 saturated heterocycles. The Morgan fingerprint density at radius 3 is 3.22 bits per heavy atom. The highest BCUT2D eigenvalue weighted by Gasteiger charge is 2.17. The lowest BCUT2D eigenvalue weighted by Crippen LogP contribution is -2.03. The van der Waals surface area contributed by atoms with Crippen LogP contribution in [0, 0.1) is 0 Å². The molecule has 0 amide bonds. The van der Waals surface area contributed by atoms with Crippen molar-refractivity contribution >= 4 is 5.82 Å². The van der Waals surface area contributed by atoms with Crippen molar-refractivity contribution in [1.29, 1.82) is 0 Å². The first kappa shape index (κ1) is 11.3. The molecule has 0 fully saturated rings. The molecule has 2 aromatic rings. The monoisotopic (exact) mass is 242 g/mol. The van der Waals surface area contributed by atoms with E-state index in [-0.39, 0.29) is 0 Å². The van der Waals surface area contributed by atoms with Crippen LogP contribution in [0.4, 0.5) is 5.82 Å². The maximum Gasteiger partial charge on any atom is 0.129 e. The van der Waals surface area contributed by atoms with Crippen LogP contribution < -0.4 is 5.32 Å². The van der Waals surface area contributed by atoms with Gasteiger partial charge in [-0.15, -0.1) is 0 Å². The van der Waals surface area contributed by atoms with E-state index in [1.54, 1.807) is 0 Å². The van der Waals surface area contributed by atoms with E-state index in [0.717, 1.165) is 25.2 Å². The summed E-state index contributed by atoms with van der Waals surface area (Å²) in [7, 11) is 0. The van der Waals surface area contributed by atoms with Gasteiger partial charge in [0.1, 0.15) is 5.82 Å². The summed E-state index contributed by atoms with van der Waals surface area (Å²) in [6, 6.07) is 2.54. The Labute approximate surface area is 107 Å². The van der Waals surface area contributed by atoms with Gasteiger partial charge in [0.25, 0.3) is 0 Å². The molecule has 2 aromatic heterocycles. The predicted octanol–water partition coefficient (Wildman–Crippen LogP) is 2.88. The summed E-state index contributed by atoms with van der Waals surface area (Å²) in [4.78, 5) is 4.37. The Bertz CT molecular complexity index is 559. The van der Waals surface area contributed by atoms with Crippen LogP contribution in [0.2, 0.25) is 0 Å². The minimum Gasteiger partial charge on any atom is -0.369 e. The molecular formula is C14H18N4. The zero-order valence-corrected chi connectivity index (χ0v) is 10.8. The first-order valence-corrected chi connectivity index (χ1v) is 6.56.